The van der Waals surface area contributed by atoms with Crippen LogP contribution in [0.4, 0.5) is 0 Å². The minimum Gasteiger partial charge on any atom is -0.506 e. The third kappa shape index (κ3) is 3.02. The van der Waals surface area contributed by atoms with Gasteiger partial charge in [0.1, 0.15) is 5.75 Å². The van der Waals surface area contributed by atoms with E-state index in [1.54, 1.807) is 29.7 Å². The van der Waals surface area contributed by atoms with Crippen LogP contribution < -0.4 is 4.80 Å². The Labute approximate surface area is 147 Å². The van der Waals surface area contributed by atoms with Gasteiger partial charge in [-0.3, -0.25) is 0 Å². The van der Waals surface area contributed by atoms with E-state index in [0.717, 1.165) is 15.9 Å². The lowest BCUT2D eigenvalue weighted by Gasteiger charge is -2.01. The summed E-state index contributed by atoms with van der Waals surface area (Å²) in [5, 5.41) is 18.1. The van der Waals surface area contributed by atoms with Crippen molar-refractivity contribution < 1.29 is 5.11 Å². The summed E-state index contributed by atoms with van der Waals surface area (Å²) in [6.07, 6.45) is 1.65. The van der Waals surface area contributed by atoms with Gasteiger partial charge in [0.25, 0.3) is 0 Å². The smallest absolute Gasteiger partial charge is 0.211 e. The Morgan fingerprint density at radius 2 is 1.86 bits per heavy atom. The van der Waals surface area contributed by atoms with Crippen LogP contribution in [0.2, 0.25) is 0 Å². The standard InChI is InChI=1S/C15H11Br2N3OS/c1-20-12-4-2-3-5-13(12)22-15(20)19-18-8-9-6-10(16)14(21)11(17)7-9/h2-8,21H,1H3/b18-8+,19-15-. The van der Waals surface area contributed by atoms with E-state index in [-0.39, 0.29) is 5.75 Å². The molecule has 0 aliphatic carbocycles. The van der Waals surface area contributed by atoms with Crippen molar-refractivity contribution in [3.05, 3.63) is 55.7 Å². The average Bonchev–Trinajstić information content (AvgIpc) is 2.82. The van der Waals surface area contributed by atoms with Crippen LogP contribution in [0.1, 0.15) is 5.56 Å². The van der Waals surface area contributed by atoms with Gasteiger partial charge < -0.3 is 9.67 Å². The van der Waals surface area contributed by atoms with E-state index >= 15 is 0 Å². The van der Waals surface area contributed by atoms with Gasteiger partial charge in [0.2, 0.25) is 4.80 Å². The van der Waals surface area contributed by atoms with Gasteiger partial charge >= 0.3 is 0 Å². The number of hydrogen-bond acceptors (Lipinski definition) is 4. The van der Waals surface area contributed by atoms with Gasteiger partial charge in [-0.1, -0.05) is 23.5 Å². The van der Waals surface area contributed by atoms with E-state index in [9.17, 15) is 5.11 Å². The van der Waals surface area contributed by atoms with Crippen molar-refractivity contribution in [3.8, 4) is 5.75 Å². The fourth-order valence-electron chi connectivity index (χ4n) is 1.98. The van der Waals surface area contributed by atoms with E-state index < -0.39 is 0 Å². The topological polar surface area (TPSA) is 49.9 Å². The van der Waals surface area contributed by atoms with Gasteiger partial charge in [-0.2, -0.15) is 5.10 Å². The van der Waals surface area contributed by atoms with Gasteiger partial charge in [0, 0.05) is 7.05 Å². The Morgan fingerprint density at radius 3 is 2.55 bits per heavy atom. The van der Waals surface area contributed by atoms with Gasteiger partial charge in [-0.15, -0.1) is 5.10 Å². The third-order valence-corrected chi connectivity index (χ3v) is 5.42. The molecule has 0 bridgehead atoms. The molecule has 1 heterocycles. The van der Waals surface area contributed by atoms with Gasteiger partial charge in [0.05, 0.1) is 25.4 Å². The highest BCUT2D eigenvalue weighted by Crippen LogP contribution is 2.32. The molecule has 0 aliphatic heterocycles. The van der Waals surface area contributed by atoms with Crippen LogP contribution in [-0.2, 0) is 7.05 Å². The van der Waals surface area contributed by atoms with Crippen molar-refractivity contribution in [2.45, 2.75) is 0 Å². The first-order valence-electron chi connectivity index (χ1n) is 6.36. The first kappa shape index (κ1) is 15.5. The highest BCUT2D eigenvalue weighted by Gasteiger charge is 2.04. The molecule has 0 fully saturated rings. The second-order valence-electron chi connectivity index (χ2n) is 4.59. The molecule has 0 unspecified atom stereocenters. The van der Waals surface area contributed by atoms with Crippen molar-refractivity contribution in [3.63, 3.8) is 0 Å². The fourth-order valence-corrected chi connectivity index (χ4v) is 4.18. The number of halogens is 2. The second-order valence-corrected chi connectivity index (χ2v) is 7.31. The van der Waals surface area contributed by atoms with Gasteiger partial charge in [-0.25, -0.2) is 0 Å². The molecule has 1 N–H and O–H groups in total. The predicted molar refractivity (Wildman–Crippen MR) is 97.5 cm³/mol. The molecule has 0 aliphatic rings. The van der Waals surface area contributed by atoms with Gasteiger partial charge in [0.15, 0.2) is 0 Å². The SMILES string of the molecule is Cn1/c(=N/N=C/c2cc(Br)c(O)c(Br)c2)sc2ccccc21. The molecule has 0 amide bonds. The fraction of sp³-hybridized carbons (Fsp3) is 0.0667. The number of hydrogen-bond donors (Lipinski definition) is 1. The Kier molecular flexibility index (Phi) is 4.46. The molecule has 0 radical (unpaired) electrons. The molecule has 1 aromatic heterocycles. The van der Waals surface area contributed by atoms with Crippen molar-refractivity contribution >= 4 is 59.6 Å². The molecule has 3 aromatic rings. The lowest BCUT2D eigenvalue weighted by Crippen LogP contribution is -2.08. The maximum Gasteiger partial charge on any atom is 0.211 e. The molecule has 0 spiro atoms. The molecule has 0 saturated carbocycles. The number of para-hydroxylation sites is 1. The summed E-state index contributed by atoms with van der Waals surface area (Å²) < 4.78 is 4.40. The lowest BCUT2D eigenvalue weighted by molar-refractivity contribution is 0.468. The highest BCUT2D eigenvalue weighted by molar-refractivity contribution is 9.11. The number of aryl methyl sites for hydroxylation is 1. The van der Waals surface area contributed by atoms with Crippen LogP contribution in [0, 0.1) is 0 Å². The zero-order chi connectivity index (χ0) is 15.7. The maximum atomic E-state index is 9.69. The Morgan fingerprint density at radius 1 is 1.18 bits per heavy atom. The summed E-state index contributed by atoms with van der Waals surface area (Å²) in [5.41, 5.74) is 1.97. The highest BCUT2D eigenvalue weighted by atomic mass is 79.9. The Bertz CT molecular complexity index is 920. The van der Waals surface area contributed by atoms with Crippen LogP contribution >= 0.6 is 43.2 Å². The summed E-state index contributed by atoms with van der Waals surface area (Å²) in [5.74, 6) is 0.171. The molecule has 112 valence electrons. The number of benzene rings is 2. The number of aromatic nitrogens is 1. The molecule has 4 nitrogen and oxygen atoms in total. The summed E-state index contributed by atoms with van der Waals surface area (Å²) in [6, 6.07) is 11.7. The molecule has 0 atom stereocenters. The first-order chi connectivity index (χ1) is 10.6. The molecule has 7 heteroatoms. The zero-order valence-electron chi connectivity index (χ0n) is 11.5. The molecule has 0 saturated heterocycles. The van der Waals surface area contributed by atoms with E-state index in [1.165, 1.54) is 4.70 Å². The van der Waals surface area contributed by atoms with Gasteiger partial charge in [-0.05, 0) is 61.7 Å². The van der Waals surface area contributed by atoms with E-state index in [1.807, 2.05) is 23.7 Å². The Hall–Kier alpha value is -1.44. The first-order valence-corrected chi connectivity index (χ1v) is 8.76. The number of nitrogens with zero attached hydrogens (tertiary/aromatic N) is 3. The largest absolute Gasteiger partial charge is 0.506 e. The minimum absolute atomic E-state index is 0.171. The molecular weight excluding hydrogens is 430 g/mol. The summed E-state index contributed by atoms with van der Waals surface area (Å²) >= 11 is 8.18. The maximum absolute atomic E-state index is 9.69. The quantitative estimate of drug-likeness (QED) is 0.465. The van der Waals surface area contributed by atoms with E-state index in [2.05, 4.69) is 54.2 Å². The van der Waals surface area contributed by atoms with E-state index in [0.29, 0.717) is 8.95 Å². The lowest BCUT2D eigenvalue weighted by atomic mass is 10.2. The van der Waals surface area contributed by atoms with Crippen LogP contribution in [0.3, 0.4) is 0 Å². The predicted octanol–water partition coefficient (Wildman–Crippen LogP) is 4.41. The van der Waals surface area contributed by atoms with Crippen LogP contribution in [0.15, 0.2) is 55.5 Å². The summed E-state index contributed by atoms with van der Waals surface area (Å²) in [4.78, 5) is 0.828. The monoisotopic (exact) mass is 439 g/mol. The number of phenols is 1. The van der Waals surface area contributed by atoms with Crippen molar-refractivity contribution in [1.29, 1.82) is 0 Å². The zero-order valence-corrected chi connectivity index (χ0v) is 15.5. The van der Waals surface area contributed by atoms with Crippen LogP contribution in [0.25, 0.3) is 10.2 Å². The molecule has 3 rings (SSSR count). The normalized spacial score (nSPS) is 12.6. The number of rotatable bonds is 2. The van der Waals surface area contributed by atoms with Crippen molar-refractivity contribution in [2.24, 2.45) is 17.3 Å². The third-order valence-electron chi connectivity index (χ3n) is 3.10. The number of fused-ring (bicyclic) bond motifs is 1. The molecule has 2 aromatic carbocycles. The average molecular weight is 441 g/mol. The van der Waals surface area contributed by atoms with Crippen LogP contribution in [0.5, 0.6) is 5.75 Å². The molecular formula is C15H11Br2N3OS. The van der Waals surface area contributed by atoms with Crippen molar-refractivity contribution in [1.82, 2.24) is 4.57 Å². The number of phenolic OH excluding ortho intramolecular Hbond substituents is 1. The minimum atomic E-state index is 0.171. The second kappa shape index (κ2) is 6.36. The summed E-state index contributed by atoms with van der Waals surface area (Å²) in [6.45, 7) is 0. The van der Waals surface area contributed by atoms with Crippen LogP contribution in [-0.4, -0.2) is 15.9 Å². The summed E-state index contributed by atoms with van der Waals surface area (Å²) in [7, 11) is 1.97. The molecule has 22 heavy (non-hydrogen) atoms. The van der Waals surface area contributed by atoms with Crippen molar-refractivity contribution in [2.75, 3.05) is 0 Å². The Balaban J connectivity index is 1.97. The number of thiazole rings is 1. The number of aromatic hydroxyl groups is 1. The van der Waals surface area contributed by atoms with E-state index in [4.69, 9.17) is 0 Å².